The molecule has 5 aromatic rings. The maximum Gasteiger partial charge on any atom is 0.274 e. The number of benzene rings is 2. The summed E-state index contributed by atoms with van der Waals surface area (Å²) >= 11 is 0. The summed E-state index contributed by atoms with van der Waals surface area (Å²) in [7, 11) is 0. The molecule has 7 nitrogen and oxygen atoms in total. The number of nitrogen functional groups attached to an aromatic ring is 1. The average Bonchev–Trinajstić information content (AvgIpc) is 2.87. The van der Waals surface area contributed by atoms with Crippen molar-refractivity contribution in [2.45, 2.75) is 20.4 Å². The van der Waals surface area contributed by atoms with Gasteiger partial charge in [-0.05, 0) is 49.7 Å². The summed E-state index contributed by atoms with van der Waals surface area (Å²) in [4.78, 5) is 31.4. The van der Waals surface area contributed by atoms with E-state index in [1.807, 2.05) is 86.6 Å². The molecule has 1 amide bonds. The number of carbonyl (C=O) groups excluding carboxylic acids is 1. The predicted octanol–water partition coefficient (Wildman–Crippen LogP) is 4.88. The van der Waals surface area contributed by atoms with Gasteiger partial charge in [-0.1, -0.05) is 42.5 Å². The van der Waals surface area contributed by atoms with E-state index in [-0.39, 0.29) is 18.1 Å². The third kappa shape index (κ3) is 4.70. The lowest BCUT2D eigenvalue weighted by atomic mass is 10.0. The highest BCUT2D eigenvalue weighted by Crippen LogP contribution is 2.32. The number of pyridine rings is 2. The molecule has 3 heterocycles. The first kappa shape index (κ1) is 22.2. The Balaban J connectivity index is 1.56. The molecule has 35 heavy (non-hydrogen) atoms. The summed E-state index contributed by atoms with van der Waals surface area (Å²) in [5.74, 6) is -0.333. The second-order valence-electron chi connectivity index (χ2n) is 8.39. The number of nitrogens with one attached hydrogen (secondary N) is 1. The molecular formula is C28H24N6O. The zero-order chi connectivity index (χ0) is 24.4. The van der Waals surface area contributed by atoms with E-state index in [1.165, 1.54) is 0 Å². The van der Waals surface area contributed by atoms with Crippen LogP contribution in [0.15, 0.2) is 79.0 Å². The van der Waals surface area contributed by atoms with Gasteiger partial charge in [0, 0.05) is 28.4 Å². The third-order valence-electron chi connectivity index (χ3n) is 5.64. The largest absolute Gasteiger partial charge is 0.382 e. The summed E-state index contributed by atoms with van der Waals surface area (Å²) < 4.78 is 0. The summed E-state index contributed by atoms with van der Waals surface area (Å²) in [6.07, 6.45) is 1.76. The Morgan fingerprint density at radius 3 is 2.46 bits per heavy atom. The molecule has 172 valence electrons. The normalized spacial score (nSPS) is 10.9. The standard InChI is InChI=1S/C28H24N6O/c1-17-13-18(2)32-22(14-17)16-31-28(35)26-27(29)34-24(19-7-4-3-5-8-19)25(33-26)21-10-11-23-20(15-21)9-6-12-30-23/h3-15H,16H2,1-2H3,(H2,29,34)(H,31,35). The molecule has 0 fully saturated rings. The molecule has 2 aromatic carbocycles. The highest BCUT2D eigenvalue weighted by Gasteiger charge is 2.20. The molecule has 3 N–H and O–H groups in total. The molecular weight excluding hydrogens is 436 g/mol. The van der Waals surface area contributed by atoms with Crippen LogP contribution in [0.2, 0.25) is 0 Å². The molecule has 0 aliphatic carbocycles. The van der Waals surface area contributed by atoms with Crippen molar-refractivity contribution >= 4 is 22.6 Å². The first-order valence-electron chi connectivity index (χ1n) is 11.3. The van der Waals surface area contributed by atoms with Crippen molar-refractivity contribution in [1.29, 1.82) is 0 Å². The highest BCUT2D eigenvalue weighted by molar-refractivity contribution is 5.98. The molecule has 7 heteroatoms. The number of amides is 1. The smallest absolute Gasteiger partial charge is 0.274 e. The Morgan fingerprint density at radius 1 is 0.857 bits per heavy atom. The quantitative estimate of drug-likeness (QED) is 0.387. The van der Waals surface area contributed by atoms with Gasteiger partial charge in [0.25, 0.3) is 5.91 Å². The van der Waals surface area contributed by atoms with Crippen LogP contribution in [0.1, 0.15) is 27.4 Å². The van der Waals surface area contributed by atoms with Crippen LogP contribution in [0.4, 0.5) is 5.82 Å². The number of nitrogens with zero attached hydrogens (tertiary/aromatic N) is 4. The SMILES string of the molecule is Cc1cc(C)nc(CNC(=O)c2nc(-c3ccc4ncccc4c3)c(-c3ccccc3)nc2N)c1. The number of hydrogen-bond donors (Lipinski definition) is 2. The Kier molecular flexibility index (Phi) is 5.89. The topological polar surface area (TPSA) is 107 Å². The summed E-state index contributed by atoms with van der Waals surface area (Å²) in [5, 5.41) is 3.85. The molecule has 0 bridgehead atoms. The minimum Gasteiger partial charge on any atom is -0.382 e. The van der Waals surface area contributed by atoms with Gasteiger partial charge >= 0.3 is 0 Å². The van der Waals surface area contributed by atoms with Gasteiger partial charge < -0.3 is 11.1 Å². The average molecular weight is 461 g/mol. The zero-order valence-corrected chi connectivity index (χ0v) is 19.5. The number of carbonyl (C=O) groups is 1. The Bertz CT molecular complexity index is 1530. The second kappa shape index (κ2) is 9.30. The highest BCUT2D eigenvalue weighted by atomic mass is 16.1. The third-order valence-corrected chi connectivity index (χ3v) is 5.64. The number of hydrogen-bond acceptors (Lipinski definition) is 6. The van der Waals surface area contributed by atoms with E-state index in [0.29, 0.717) is 11.4 Å². The van der Waals surface area contributed by atoms with Crippen LogP contribution in [0.5, 0.6) is 0 Å². The number of anilines is 1. The predicted molar refractivity (Wildman–Crippen MR) is 137 cm³/mol. The second-order valence-corrected chi connectivity index (χ2v) is 8.39. The van der Waals surface area contributed by atoms with Crippen molar-refractivity contribution in [2.24, 2.45) is 0 Å². The summed E-state index contributed by atoms with van der Waals surface area (Å²) in [6, 6.07) is 23.4. The zero-order valence-electron chi connectivity index (χ0n) is 19.5. The summed E-state index contributed by atoms with van der Waals surface area (Å²) in [5.41, 5.74) is 12.8. The lowest BCUT2D eigenvalue weighted by Crippen LogP contribution is -2.26. The van der Waals surface area contributed by atoms with Crippen molar-refractivity contribution in [2.75, 3.05) is 5.73 Å². The maximum atomic E-state index is 13.1. The van der Waals surface area contributed by atoms with E-state index in [4.69, 9.17) is 10.7 Å². The molecule has 0 saturated heterocycles. The molecule has 0 atom stereocenters. The van der Waals surface area contributed by atoms with E-state index >= 15 is 0 Å². The van der Waals surface area contributed by atoms with Crippen LogP contribution in [0, 0.1) is 13.8 Å². The first-order valence-corrected chi connectivity index (χ1v) is 11.3. The van der Waals surface area contributed by atoms with E-state index < -0.39 is 5.91 Å². The minimum absolute atomic E-state index is 0.0703. The van der Waals surface area contributed by atoms with Gasteiger partial charge in [-0.25, -0.2) is 9.97 Å². The lowest BCUT2D eigenvalue weighted by Gasteiger charge is -2.14. The molecule has 3 aromatic heterocycles. The van der Waals surface area contributed by atoms with Gasteiger partial charge in [0.2, 0.25) is 0 Å². The molecule has 0 aliphatic heterocycles. The fourth-order valence-electron chi connectivity index (χ4n) is 4.11. The van der Waals surface area contributed by atoms with Gasteiger partial charge in [0.05, 0.1) is 29.1 Å². The molecule has 5 rings (SSSR count). The van der Waals surface area contributed by atoms with Gasteiger partial charge in [0.1, 0.15) is 0 Å². The van der Waals surface area contributed by atoms with Crippen molar-refractivity contribution in [3.63, 3.8) is 0 Å². The van der Waals surface area contributed by atoms with Gasteiger partial charge in [-0.3, -0.25) is 14.8 Å². The molecule has 0 aliphatic rings. The maximum absolute atomic E-state index is 13.1. The Labute approximate surface area is 203 Å². The van der Waals surface area contributed by atoms with Crippen LogP contribution in [-0.4, -0.2) is 25.8 Å². The van der Waals surface area contributed by atoms with E-state index in [2.05, 4.69) is 20.3 Å². The fourth-order valence-corrected chi connectivity index (χ4v) is 4.11. The van der Waals surface area contributed by atoms with Crippen LogP contribution in [0.25, 0.3) is 33.4 Å². The number of nitrogens with two attached hydrogens (primary N) is 1. The first-order chi connectivity index (χ1) is 17.0. The lowest BCUT2D eigenvalue weighted by molar-refractivity contribution is 0.0946. The van der Waals surface area contributed by atoms with Crippen molar-refractivity contribution in [3.05, 3.63) is 102 Å². The monoisotopic (exact) mass is 460 g/mol. The minimum atomic E-state index is -0.403. The van der Waals surface area contributed by atoms with Crippen LogP contribution in [-0.2, 0) is 6.54 Å². The molecule has 0 unspecified atom stereocenters. The summed E-state index contributed by atoms with van der Waals surface area (Å²) in [6.45, 7) is 4.19. The van der Waals surface area contributed by atoms with Crippen molar-refractivity contribution < 1.29 is 4.79 Å². The van der Waals surface area contributed by atoms with Crippen molar-refractivity contribution in [1.82, 2.24) is 25.3 Å². The van der Waals surface area contributed by atoms with Crippen LogP contribution in [0.3, 0.4) is 0 Å². The Hall–Kier alpha value is -4.65. The van der Waals surface area contributed by atoms with E-state index in [1.54, 1.807) is 6.20 Å². The molecule has 0 radical (unpaired) electrons. The fraction of sp³-hybridized carbons (Fsp3) is 0.107. The van der Waals surface area contributed by atoms with Gasteiger partial charge in [0.15, 0.2) is 11.5 Å². The van der Waals surface area contributed by atoms with Gasteiger partial charge in [-0.2, -0.15) is 0 Å². The molecule has 0 saturated carbocycles. The van der Waals surface area contributed by atoms with Crippen LogP contribution < -0.4 is 11.1 Å². The number of aryl methyl sites for hydroxylation is 2. The van der Waals surface area contributed by atoms with Crippen molar-refractivity contribution in [3.8, 4) is 22.5 Å². The van der Waals surface area contributed by atoms with E-state index in [0.717, 1.165) is 39.0 Å². The van der Waals surface area contributed by atoms with Crippen LogP contribution >= 0.6 is 0 Å². The number of rotatable bonds is 5. The van der Waals surface area contributed by atoms with Gasteiger partial charge in [-0.15, -0.1) is 0 Å². The number of fused-ring (bicyclic) bond motifs is 1. The number of aromatic nitrogens is 4. The Morgan fingerprint density at radius 2 is 1.66 bits per heavy atom. The molecule has 0 spiro atoms. The van der Waals surface area contributed by atoms with E-state index in [9.17, 15) is 4.79 Å².